The van der Waals surface area contributed by atoms with Gasteiger partial charge in [-0.25, -0.2) is 13.4 Å². The van der Waals surface area contributed by atoms with Crippen LogP contribution in [0.15, 0.2) is 5.16 Å². The van der Waals surface area contributed by atoms with Crippen molar-refractivity contribution >= 4 is 19.7 Å². The fourth-order valence-corrected chi connectivity index (χ4v) is 1.42. The number of rotatable bonds is 4. The summed E-state index contributed by atoms with van der Waals surface area (Å²) in [6.45, 7) is 2.04. The maximum absolute atomic E-state index is 10.7. The average molecular weight is 224 g/mol. The first-order chi connectivity index (χ1) is 6.04. The fraction of sp³-hybridized carbons (Fsp3) is 0.667. The van der Waals surface area contributed by atoms with Crippen molar-refractivity contribution in [3.05, 3.63) is 5.82 Å². The largest absolute Gasteiger partial charge is 0.298 e. The van der Waals surface area contributed by atoms with Crippen molar-refractivity contribution in [1.29, 1.82) is 0 Å². The second-order valence-corrected chi connectivity index (χ2v) is 5.07. The van der Waals surface area contributed by atoms with Crippen LogP contribution in [0.1, 0.15) is 25.6 Å². The first-order valence-electron chi connectivity index (χ1n) is 3.90. The zero-order chi connectivity index (χ0) is 9.90. The Hall–Kier alpha value is -0.620. The standard InChI is InChI=1S/C6H10ClN3O2S/c1-2-3-4-5-8-6(10-9-5)13(7,11)12/h2-4H2,1H3,(H,8,9,10). The molecule has 74 valence electrons. The van der Waals surface area contributed by atoms with Gasteiger partial charge in [-0.05, 0) is 6.42 Å². The lowest BCUT2D eigenvalue weighted by atomic mass is 10.2. The number of H-pyrrole nitrogens is 1. The molecule has 0 atom stereocenters. The van der Waals surface area contributed by atoms with Crippen LogP contribution in [0.25, 0.3) is 0 Å². The van der Waals surface area contributed by atoms with Crippen molar-refractivity contribution < 1.29 is 8.42 Å². The van der Waals surface area contributed by atoms with Crippen molar-refractivity contribution in [3.63, 3.8) is 0 Å². The minimum atomic E-state index is -3.79. The second kappa shape index (κ2) is 4.06. The molecule has 0 radical (unpaired) electrons. The van der Waals surface area contributed by atoms with Gasteiger partial charge in [0, 0.05) is 17.1 Å². The highest BCUT2D eigenvalue weighted by Gasteiger charge is 2.15. The third kappa shape index (κ3) is 2.96. The Morgan fingerprint density at radius 2 is 2.23 bits per heavy atom. The number of aromatic amines is 1. The number of aryl methyl sites for hydroxylation is 1. The number of nitrogens with zero attached hydrogens (tertiary/aromatic N) is 2. The van der Waals surface area contributed by atoms with Crippen LogP contribution < -0.4 is 0 Å². The van der Waals surface area contributed by atoms with Gasteiger partial charge in [-0.2, -0.15) is 0 Å². The van der Waals surface area contributed by atoms with Gasteiger partial charge < -0.3 is 0 Å². The molecular formula is C6H10ClN3O2S. The highest BCUT2D eigenvalue weighted by Crippen LogP contribution is 2.09. The van der Waals surface area contributed by atoms with Crippen molar-refractivity contribution in [3.8, 4) is 0 Å². The molecule has 1 aromatic heterocycles. The lowest BCUT2D eigenvalue weighted by Crippen LogP contribution is -1.93. The number of hydrogen-bond donors (Lipinski definition) is 1. The molecule has 0 aliphatic carbocycles. The molecule has 0 unspecified atom stereocenters. The van der Waals surface area contributed by atoms with Crippen molar-refractivity contribution in [2.75, 3.05) is 0 Å². The summed E-state index contributed by atoms with van der Waals surface area (Å²) in [5.41, 5.74) is 0. The van der Waals surface area contributed by atoms with Gasteiger partial charge in [0.2, 0.25) is 0 Å². The lowest BCUT2D eigenvalue weighted by Gasteiger charge is -1.89. The van der Waals surface area contributed by atoms with Crippen LogP contribution in [0.4, 0.5) is 0 Å². The third-order valence-electron chi connectivity index (χ3n) is 1.50. The third-order valence-corrected chi connectivity index (χ3v) is 2.53. The van der Waals surface area contributed by atoms with E-state index in [-0.39, 0.29) is 5.16 Å². The van der Waals surface area contributed by atoms with E-state index in [1.54, 1.807) is 0 Å². The summed E-state index contributed by atoms with van der Waals surface area (Å²) in [5.74, 6) is 0.557. The van der Waals surface area contributed by atoms with Crippen LogP contribution in [0, 0.1) is 0 Å². The van der Waals surface area contributed by atoms with Gasteiger partial charge in [0.15, 0.2) is 0 Å². The fourth-order valence-electron chi connectivity index (χ4n) is 0.843. The molecule has 0 saturated heterocycles. The monoisotopic (exact) mass is 223 g/mol. The molecule has 0 fully saturated rings. The number of aromatic nitrogens is 3. The van der Waals surface area contributed by atoms with E-state index >= 15 is 0 Å². The zero-order valence-corrected chi connectivity index (χ0v) is 8.69. The van der Waals surface area contributed by atoms with Crippen molar-refractivity contribution in [2.45, 2.75) is 31.3 Å². The van der Waals surface area contributed by atoms with Crippen LogP contribution in [0.2, 0.25) is 0 Å². The van der Waals surface area contributed by atoms with Crippen LogP contribution >= 0.6 is 10.7 Å². The molecule has 0 aromatic carbocycles. The Labute approximate surface area is 80.9 Å². The van der Waals surface area contributed by atoms with Gasteiger partial charge >= 0.3 is 0 Å². The Morgan fingerprint density at radius 1 is 1.54 bits per heavy atom. The predicted octanol–water partition coefficient (Wildman–Crippen LogP) is 1.07. The lowest BCUT2D eigenvalue weighted by molar-refractivity contribution is 0.601. The summed E-state index contributed by atoms with van der Waals surface area (Å²) in [5, 5.41) is 5.66. The maximum atomic E-state index is 10.7. The van der Waals surface area contributed by atoms with E-state index in [2.05, 4.69) is 15.2 Å². The summed E-state index contributed by atoms with van der Waals surface area (Å²) < 4.78 is 21.5. The summed E-state index contributed by atoms with van der Waals surface area (Å²) in [4.78, 5) is 3.73. The van der Waals surface area contributed by atoms with Crippen LogP contribution in [0.5, 0.6) is 0 Å². The number of unbranched alkanes of at least 4 members (excludes halogenated alkanes) is 1. The minimum Gasteiger partial charge on any atom is -0.262 e. The predicted molar refractivity (Wildman–Crippen MR) is 48.0 cm³/mol. The second-order valence-electron chi connectivity index (χ2n) is 2.61. The molecule has 0 spiro atoms. The molecule has 13 heavy (non-hydrogen) atoms. The Kier molecular flexibility index (Phi) is 3.27. The molecule has 0 aliphatic rings. The molecule has 0 aliphatic heterocycles. The topological polar surface area (TPSA) is 75.7 Å². The molecule has 1 N–H and O–H groups in total. The quantitative estimate of drug-likeness (QED) is 0.775. The molecule has 7 heteroatoms. The SMILES string of the molecule is CCCCc1nc(S(=O)(=O)Cl)n[nH]1. The first kappa shape index (κ1) is 10.5. The van der Waals surface area contributed by atoms with E-state index in [0.717, 1.165) is 12.8 Å². The summed E-state index contributed by atoms with van der Waals surface area (Å²) in [7, 11) is 1.24. The van der Waals surface area contributed by atoms with E-state index in [1.165, 1.54) is 0 Å². The minimum absolute atomic E-state index is 0.347. The number of hydrogen-bond acceptors (Lipinski definition) is 4. The van der Waals surface area contributed by atoms with Gasteiger partial charge in [0.1, 0.15) is 5.82 Å². The summed E-state index contributed by atoms with van der Waals surface area (Å²) >= 11 is 0. The molecule has 1 aromatic rings. The summed E-state index contributed by atoms with van der Waals surface area (Å²) in [6, 6.07) is 0. The molecule has 1 heterocycles. The van der Waals surface area contributed by atoms with Crippen LogP contribution in [-0.2, 0) is 15.5 Å². The van der Waals surface area contributed by atoms with Crippen molar-refractivity contribution in [1.82, 2.24) is 15.2 Å². The Balaban J connectivity index is 2.76. The van der Waals surface area contributed by atoms with E-state index in [9.17, 15) is 8.42 Å². The van der Waals surface area contributed by atoms with E-state index in [1.807, 2.05) is 6.92 Å². The highest BCUT2D eigenvalue weighted by molar-refractivity contribution is 8.13. The van der Waals surface area contributed by atoms with Crippen LogP contribution in [0.3, 0.4) is 0 Å². The molecule has 1 rings (SSSR count). The number of halogens is 1. The molecule has 0 saturated carbocycles. The van der Waals surface area contributed by atoms with Gasteiger partial charge in [-0.1, -0.05) is 13.3 Å². The average Bonchev–Trinajstić information content (AvgIpc) is 2.47. The van der Waals surface area contributed by atoms with E-state index in [4.69, 9.17) is 10.7 Å². The smallest absolute Gasteiger partial charge is 0.262 e. The van der Waals surface area contributed by atoms with Gasteiger partial charge in [0.05, 0.1) is 0 Å². The van der Waals surface area contributed by atoms with Crippen molar-refractivity contribution in [2.24, 2.45) is 0 Å². The first-order valence-corrected chi connectivity index (χ1v) is 6.21. The highest BCUT2D eigenvalue weighted by atomic mass is 35.7. The van der Waals surface area contributed by atoms with Gasteiger partial charge in [-0.3, -0.25) is 5.10 Å². The molecule has 0 bridgehead atoms. The maximum Gasteiger partial charge on any atom is 0.298 e. The number of nitrogens with one attached hydrogen (secondary N) is 1. The van der Waals surface area contributed by atoms with Gasteiger partial charge in [-0.15, -0.1) is 5.10 Å². The molecule has 0 amide bonds. The van der Waals surface area contributed by atoms with Gasteiger partial charge in [0.25, 0.3) is 14.2 Å². The van der Waals surface area contributed by atoms with E-state index < -0.39 is 9.05 Å². The van der Waals surface area contributed by atoms with Crippen LogP contribution in [-0.4, -0.2) is 23.6 Å². The Morgan fingerprint density at radius 3 is 2.69 bits per heavy atom. The Bertz CT molecular complexity index is 373. The van der Waals surface area contributed by atoms with E-state index in [0.29, 0.717) is 12.2 Å². The molecular weight excluding hydrogens is 214 g/mol. The summed E-state index contributed by atoms with van der Waals surface area (Å²) in [6.07, 6.45) is 2.65. The zero-order valence-electron chi connectivity index (χ0n) is 7.12. The molecule has 5 nitrogen and oxygen atoms in total. The normalized spacial score (nSPS) is 11.8.